The number of hydrogen-bond acceptors (Lipinski definition) is 4. The lowest BCUT2D eigenvalue weighted by Gasteiger charge is -2.30. The molecule has 0 spiro atoms. The molecule has 1 aliphatic rings. The van der Waals surface area contributed by atoms with Gasteiger partial charge in [0.2, 0.25) is 5.91 Å². The number of carbonyl (C=O) groups excluding carboxylic acids is 1. The summed E-state index contributed by atoms with van der Waals surface area (Å²) in [4.78, 5) is 20.4. The fourth-order valence-corrected chi connectivity index (χ4v) is 4.15. The molecule has 0 saturated heterocycles. The van der Waals surface area contributed by atoms with Crippen LogP contribution in [0.1, 0.15) is 40.0 Å². The summed E-state index contributed by atoms with van der Waals surface area (Å²) in [5.74, 6) is 0.147. The van der Waals surface area contributed by atoms with Crippen molar-refractivity contribution >= 4 is 47.7 Å². The van der Waals surface area contributed by atoms with E-state index < -0.39 is 0 Å². The van der Waals surface area contributed by atoms with Crippen LogP contribution in [0.2, 0.25) is 0 Å². The van der Waals surface area contributed by atoms with Crippen molar-refractivity contribution in [3.05, 3.63) is 45.4 Å². The highest BCUT2D eigenvalue weighted by atomic mass is 35.5. The third-order valence-electron chi connectivity index (χ3n) is 4.22. The average molecular weight is 388 g/mol. The number of aromatic nitrogens is 1. The van der Waals surface area contributed by atoms with Crippen molar-refractivity contribution in [2.45, 2.75) is 38.6 Å². The van der Waals surface area contributed by atoms with E-state index in [1.165, 1.54) is 10.6 Å². The molecule has 0 radical (unpaired) electrons. The summed E-state index contributed by atoms with van der Waals surface area (Å²) in [5, 5.41) is 1.09. The van der Waals surface area contributed by atoms with Crippen molar-refractivity contribution in [3.8, 4) is 0 Å². The molecule has 1 aromatic heterocycles. The van der Waals surface area contributed by atoms with E-state index in [2.05, 4.69) is 4.98 Å². The Morgan fingerprint density at radius 2 is 2.00 bits per heavy atom. The number of hydrogen-bond donors (Lipinski definition) is 1. The molecule has 0 aliphatic heterocycles. The number of nitrogens with zero attached hydrogens (tertiary/aromatic N) is 2. The Morgan fingerprint density at radius 1 is 1.33 bits per heavy atom. The van der Waals surface area contributed by atoms with Crippen LogP contribution < -0.4 is 5.73 Å². The van der Waals surface area contributed by atoms with Crippen molar-refractivity contribution in [2.24, 2.45) is 0 Å². The number of likely N-dealkylation sites (N-methyl/N-ethyl adjacent to an activating group) is 1. The summed E-state index contributed by atoms with van der Waals surface area (Å²) in [6.07, 6.45) is 3.58. The highest BCUT2D eigenvalue weighted by Gasteiger charge is 2.29. The maximum Gasteiger partial charge on any atom is 0.227 e. The molecule has 1 atom stereocenters. The molecule has 2 aromatic rings. The Hall–Kier alpha value is -1.30. The van der Waals surface area contributed by atoms with Crippen LogP contribution in [0.15, 0.2) is 24.3 Å². The van der Waals surface area contributed by atoms with E-state index in [0.717, 1.165) is 35.5 Å². The van der Waals surface area contributed by atoms with E-state index in [0.29, 0.717) is 6.42 Å². The quantitative estimate of drug-likeness (QED) is 0.810. The van der Waals surface area contributed by atoms with Crippen LogP contribution in [-0.2, 0) is 17.6 Å². The number of amides is 1. The fraction of sp³-hybridized carbons (Fsp3) is 0.412. The molecule has 0 saturated carbocycles. The molecule has 1 unspecified atom stereocenters. The van der Waals surface area contributed by atoms with Gasteiger partial charge in [0.25, 0.3) is 0 Å². The maximum absolute atomic E-state index is 12.6. The Morgan fingerprint density at radius 3 is 2.67 bits per heavy atom. The SMILES string of the molecule is Cc1nc2c(s1)C(N(C)C(=O)Cc1ccc(N)cc1)CCC2.Cl.Cl. The summed E-state index contributed by atoms with van der Waals surface area (Å²) in [6, 6.07) is 7.70. The molecule has 0 fully saturated rings. The molecule has 3 rings (SSSR count). The van der Waals surface area contributed by atoms with Crippen LogP contribution in [0.3, 0.4) is 0 Å². The van der Waals surface area contributed by atoms with Crippen LogP contribution in [0, 0.1) is 6.92 Å². The smallest absolute Gasteiger partial charge is 0.227 e. The van der Waals surface area contributed by atoms with Gasteiger partial charge in [-0.3, -0.25) is 4.79 Å². The Kier molecular flexibility index (Phi) is 7.52. The number of carbonyl (C=O) groups is 1. The van der Waals surface area contributed by atoms with Gasteiger partial charge in [-0.05, 0) is 43.9 Å². The van der Waals surface area contributed by atoms with E-state index in [1.807, 2.05) is 43.1 Å². The molecule has 1 aliphatic carbocycles. The van der Waals surface area contributed by atoms with Gasteiger partial charge in [-0.2, -0.15) is 0 Å². The number of nitrogen functional groups attached to an aromatic ring is 1. The molecule has 7 heteroatoms. The molecule has 132 valence electrons. The van der Waals surface area contributed by atoms with E-state index in [9.17, 15) is 4.79 Å². The minimum absolute atomic E-state index is 0. The van der Waals surface area contributed by atoms with Crippen molar-refractivity contribution < 1.29 is 4.79 Å². The first-order valence-electron chi connectivity index (χ1n) is 7.61. The zero-order chi connectivity index (χ0) is 15.7. The first kappa shape index (κ1) is 20.7. The lowest BCUT2D eigenvalue weighted by molar-refractivity contribution is -0.131. The number of fused-ring (bicyclic) bond motifs is 1. The largest absolute Gasteiger partial charge is 0.399 e. The van der Waals surface area contributed by atoms with Crippen LogP contribution in [0.25, 0.3) is 0 Å². The van der Waals surface area contributed by atoms with E-state index in [-0.39, 0.29) is 36.8 Å². The molecule has 24 heavy (non-hydrogen) atoms. The summed E-state index contributed by atoms with van der Waals surface area (Å²) in [5.41, 5.74) is 8.60. The minimum Gasteiger partial charge on any atom is -0.399 e. The molecule has 0 bridgehead atoms. The highest BCUT2D eigenvalue weighted by molar-refractivity contribution is 7.11. The molecule has 1 aromatic carbocycles. The second-order valence-corrected chi connectivity index (χ2v) is 7.11. The minimum atomic E-state index is 0. The van der Waals surface area contributed by atoms with Gasteiger partial charge in [-0.1, -0.05) is 12.1 Å². The van der Waals surface area contributed by atoms with Gasteiger partial charge in [0, 0.05) is 12.7 Å². The summed E-state index contributed by atoms with van der Waals surface area (Å²) >= 11 is 1.73. The van der Waals surface area contributed by atoms with Gasteiger partial charge in [0.1, 0.15) is 0 Å². The number of benzene rings is 1. The Labute approximate surface area is 159 Å². The molecule has 1 heterocycles. The van der Waals surface area contributed by atoms with E-state index in [1.54, 1.807) is 11.3 Å². The Balaban J connectivity index is 0.00000144. The first-order valence-corrected chi connectivity index (χ1v) is 8.42. The van der Waals surface area contributed by atoms with Gasteiger partial charge in [0.15, 0.2) is 0 Å². The maximum atomic E-state index is 12.6. The first-order chi connectivity index (χ1) is 10.5. The molecular formula is C17H23Cl2N3OS. The van der Waals surface area contributed by atoms with E-state index >= 15 is 0 Å². The number of nitrogens with two attached hydrogens (primary N) is 1. The molecule has 2 N–H and O–H groups in total. The predicted octanol–water partition coefficient (Wildman–Crippen LogP) is 3.96. The third-order valence-corrected chi connectivity index (χ3v) is 5.34. The molecule has 1 amide bonds. The highest BCUT2D eigenvalue weighted by Crippen LogP contribution is 2.37. The summed E-state index contributed by atoms with van der Waals surface area (Å²) in [6.45, 7) is 2.04. The average Bonchev–Trinajstić information content (AvgIpc) is 2.88. The van der Waals surface area contributed by atoms with Crippen LogP contribution in [0.4, 0.5) is 5.69 Å². The lowest BCUT2D eigenvalue weighted by atomic mass is 9.96. The predicted molar refractivity (Wildman–Crippen MR) is 104 cm³/mol. The van der Waals surface area contributed by atoms with Gasteiger partial charge in [0.05, 0.1) is 28.0 Å². The number of aryl methyl sites for hydroxylation is 2. The monoisotopic (exact) mass is 387 g/mol. The van der Waals surface area contributed by atoms with Crippen molar-refractivity contribution in [1.82, 2.24) is 9.88 Å². The van der Waals surface area contributed by atoms with Crippen LogP contribution >= 0.6 is 36.2 Å². The van der Waals surface area contributed by atoms with Gasteiger partial charge in [-0.15, -0.1) is 36.2 Å². The van der Waals surface area contributed by atoms with Crippen molar-refractivity contribution in [3.63, 3.8) is 0 Å². The van der Waals surface area contributed by atoms with Gasteiger partial charge >= 0.3 is 0 Å². The standard InChI is InChI=1S/C17H21N3OS.2ClH/c1-11-19-14-4-3-5-15(17(14)22-11)20(2)16(21)10-12-6-8-13(18)9-7-12;;/h6-9,15H,3-5,10,18H2,1-2H3;2*1H. The second-order valence-electron chi connectivity index (χ2n) is 5.87. The van der Waals surface area contributed by atoms with E-state index in [4.69, 9.17) is 5.73 Å². The molecule has 4 nitrogen and oxygen atoms in total. The van der Waals surface area contributed by atoms with Gasteiger partial charge in [-0.25, -0.2) is 4.98 Å². The number of halogens is 2. The summed E-state index contributed by atoms with van der Waals surface area (Å²) < 4.78 is 0. The number of thiazole rings is 1. The van der Waals surface area contributed by atoms with Crippen molar-refractivity contribution in [1.29, 1.82) is 0 Å². The summed E-state index contributed by atoms with van der Waals surface area (Å²) in [7, 11) is 1.91. The third kappa shape index (κ3) is 4.41. The van der Waals surface area contributed by atoms with Crippen molar-refractivity contribution in [2.75, 3.05) is 12.8 Å². The van der Waals surface area contributed by atoms with Gasteiger partial charge < -0.3 is 10.6 Å². The topological polar surface area (TPSA) is 59.2 Å². The second kappa shape index (κ2) is 8.70. The van der Waals surface area contributed by atoms with Crippen LogP contribution in [-0.4, -0.2) is 22.8 Å². The normalized spacial score (nSPS) is 15.7. The zero-order valence-corrected chi connectivity index (χ0v) is 16.3. The zero-order valence-electron chi connectivity index (χ0n) is 13.8. The number of rotatable bonds is 3. The lowest BCUT2D eigenvalue weighted by Crippen LogP contribution is -2.33. The Bertz CT molecular complexity index is 688. The molecular weight excluding hydrogens is 365 g/mol. The fourth-order valence-electron chi connectivity index (χ4n) is 3.00. The van der Waals surface area contributed by atoms with Crippen LogP contribution in [0.5, 0.6) is 0 Å². The number of anilines is 1.